The van der Waals surface area contributed by atoms with Crippen molar-refractivity contribution in [3.05, 3.63) is 108 Å². The Bertz CT molecular complexity index is 1270. The van der Waals surface area contributed by atoms with Crippen molar-refractivity contribution in [1.29, 1.82) is 5.26 Å². The van der Waals surface area contributed by atoms with Crippen molar-refractivity contribution in [3.8, 4) is 6.07 Å². The highest BCUT2D eigenvalue weighted by Crippen LogP contribution is 2.35. The lowest BCUT2D eigenvalue weighted by molar-refractivity contribution is 0.400. The average molecular weight is 435 g/mol. The van der Waals surface area contributed by atoms with Crippen LogP contribution >= 0.6 is 0 Å². The van der Waals surface area contributed by atoms with Gasteiger partial charge >= 0.3 is 0 Å². The quantitative estimate of drug-likeness (QED) is 0.320. The molecule has 2 N–H and O–H groups in total. The van der Waals surface area contributed by atoms with Crippen LogP contribution in [-0.4, -0.2) is 30.5 Å². The molecule has 1 heterocycles. The summed E-state index contributed by atoms with van der Waals surface area (Å²) in [6.45, 7) is 5.58. The van der Waals surface area contributed by atoms with Gasteiger partial charge in [0, 0.05) is 28.4 Å². The summed E-state index contributed by atoms with van der Waals surface area (Å²) in [6, 6.07) is 26.8. The van der Waals surface area contributed by atoms with E-state index in [1.165, 1.54) is 5.56 Å². The summed E-state index contributed by atoms with van der Waals surface area (Å²) < 4.78 is 0. The molecule has 0 aliphatic carbocycles. The number of hydrogen-bond donors (Lipinski definition) is 2. The number of nitrogens with zero attached hydrogens (tertiary/aromatic N) is 2. The number of rotatable bonds is 9. The first kappa shape index (κ1) is 22.4. The molecule has 4 nitrogen and oxygen atoms in total. The van der Waals surface area contributed by atoms with E-state index in [4.69, 9.17) is 0 Å². The third-order valence-electron chi connectivity index (χ3n) is 5.97. The van der Waals surface area contributed by atoms with E-state index >= 15 is 0 Å². The van der Waals surface area contributed by atoms with Crippen LogP contribution < -0.4 is 5.32 Å². The molecule has 4 rings (SSSR count). The SMILES string of the molecule is C=C(c1c[nH]c2ccccc12)C(Nc1cccc(C#N)c1)c1ccc(CCCN(C)C)cc1. The number of benzene rings is 3. The number of H-pyrrole nitrogens is 1. The largest absolute Gasteiger partial charge is 0.374 e. The number of hydrogen-bond acceptors (Lipinski definition) is 3. The van der Waals surface area contributed by atoms with Crippen LogP contribution in [0.15, 0.2) is 85.6 Å². The second-order valence-corrected chi connectivity index (χ2v) is 8.69. The van der Waals surface area contributed by atoms with Gasteiger partial charge < -0.3 is 15.2 Å². The second-order valence-electron chi connectivity index (χ2n) is 8.69. The van der Waals surface area contributed by atoms with Crippen molar-refractivity contribution in [2.75, 3.05) is 26.0 Å². The maximum absolute atomic E-state index is 9.32. The van der Waals surface area contributed by atoms with Crippen LogP contribution in [0.1, 0.15) is 34.7 Å². The fourth-order valence-corrected chi connectivity index (χ4v) is 4.19. The molecule has 0 amide bonds. The minimum Gasteiger partial charge on any atom is -0.374 e. The maximum atomic E-state index is 9.32. The lowest BCUT2D eigenvalue weighted by Crippen LogP contribution is -2.14. The van der Waals surface area contributed by atoms with Gasteiger partial charge in [0.1, 0.15) is 0 Å². The molecule has 4 heteroatoms. The Balaban J connectivity index is 1.65. The Kier molecular flexibility index (Phi) is 6.92. The van der Waals surface area contributed by atoms with Crippen molar-refractivity contribution in [2.24, 2.45) is 0 Å². The molecule has 4 aromatic rings. The number of nitrogens with one attached hydrogen (secondary N) is 2. The van der Waals surface area contributed by atoms with Gasteiger partial charge in [0.05, 0.1) is 17.7 Å². The number of aryl methyl sites for hydroxylation is 1. The number of aromatic nitrogens is 1. The van der Waals surface area contributed by atoms with Crippen molar-refractivity contribution in [3.63, 3.8) is 0 Å². The van der Waals surface area contributed by atoms with E-state index in [0.717, 1.165) is 52.7 Å². The molecule has 0 spiro atoms. The Morgan fingerprint density at radius 1 is 1.06 bits per heavy atom. The smallest absolute Gasteiger partial charge is 0.0992 e. The Morgan fingerprint density at radius 2 is 1.85 bits per heavy atom. The van der Waals surface area contributed by atoms with Gasteiger partial charge in [-0.2, -0.15) is 5.26 Å². The second kappa shape index (κ2) is 10.2. The van der Waals surface area contributed by atoms with E-state index in [9.17, 15) is 5.26 Å². The summed E-state index contributed by atoms with van der Waals surface area (Å²) in [5, 5.41) is 14.1. The highest BCUT2D eigenvalue weighted by Gasteiger charge is 2.19. The number of aromatic amines is 1. The fourth-order valence-electron chi connectivity index (χ4n) is 4.19. The van der Waals surface area contributed by atoms with E-state index in [2.05, 4.69) is 78.3 Å². The molecule has 33 heavy (non-hydrogen) atoms. The molecule has 166 valence electrons. The summed E-state index contributed by atoms with van der Waals surface area (Å²) in [5.41, 5.74) is 7.18. The van der Waals surface area contributed by atoms with E-state index in [0.29, 0.717) is 5.56 Å². The highest BCUT2D eigenvalue weighted by molar-refractivity contribution is 5.94. The summed E-state index contributed by atoms with van der Waals surface area (Å²) in [5.74, 6) is 0. The number of para-hydroxylation sites is 1. The van der Waals surface area contributed by atoms with Gasteiger partial charge in [-0.05, 0) is 74.4 Å². The zero-order valence-corrected chi connectivity index (χ0v) is 19.3. The molecular weight excluding hydrogens is 404 g/mol. The van der Waals surface area contributed by atoms with Gasteiger partial charge in [0.2, 0.25) is 0 Å². The first-order chi connectivity index (χ1) is 16.0. The lowest BCUT2D eigenvalue weighted by atomic mass is 9.92. The Labute approximate surface area is 196 Å². The van der Waals surface area contributed by atoms with Gasteiger partial charge in [0.15, 0.2) is 0 Å². The number of anilines is 1. The molecule has 0 aliphatic heterocycles. The predicted octanol–water partition coefficient (Wildman–Crippen LogP) is 6.40. The predicted molar refractivity (Wildman–Crippen MR) is 138 cm³/mol. The summed E-state index contributed by atoms with van der Waals surface area (Å²) in [7, 11) is 4.22. The van der Waals surface area contributed by atoms with Crippen LogP contribution in [-0.2, 0) is 6.42 Å². The molecule has 0 fully saturated rings. The van der Waals surface area contributed by atoms with Gasteiger partial charge in [0.25, 0.3) is 0 Å². The van der Waals surface area contributed by atoms with Crippen molar-refractivity contribution in [2.45, 2.75) is 18.9 Å². The van der Waals surface area contributed by atoms with E-state index in [-0.39, 0.29) is 6.04 Å². The first-order valence-corrected chi connectivity index (χ1v) is 11.3. The van der Waals surface area contributed by atoms with E-state index < -0.39 is 0 Å². The number of fused-ring (bicyclic) bond motifs is 1. The highest BCUT2D eigenvalue weighted by atomic mass is 15.0. The molecular formula is C29H30N4. The summed E-state index contributed by atoms with van der Waals surface area (Å²) in [6.07, 6.45) is 4.23. The van der Waals surface area contributed by atoms with Crippen LogP contribution in [0.5, 0.6) is 0 Å². The van der Waals surface area contributed by atoms with E-state index in [1.807, 2.05) is 42.6 Å². The zero-order valence-electron chi connectivity index (χ0n) is 19.3. The van der Waals surface area contributed by atoms with Crippen LogP contribution in [0.25, 0.3) is 16.5 Å². The average Bonchev–Trinajstić information content (AvgIpc) is 3.27. The molecule has 3 aromatic carbocycles. The van der Waals surface area contributed by atoms with Gasteiger partial charge in [-0.3, -0.25) is 0 Å². The van der Waals surface area contributed by atoms with Crippen molar-refractivity contribution < 1.29 is 0 Å². The zero-order chi connectivity index (χ0) is 23.2. The van der Waals surface area contributed by atoms with Crippen LogP contribution in [0.2, 0.25) is 0 Å². The monoisotopic (exact) mass is 434 g/mol. The normalized spacial score (nSPS) is 11.9. The molecule has 0 saturated carbocycles. The molecule has 1 atom stereocenters. The van der Waals surface area contributed by atoms with Gasteiger partial charge in [-0.1, -0.05) is 55.1 Å². The number of nitriles is 1. The molecule has 0 saturated heterocycles. The minimum atomic E-state index is -0.131. The molecule has 0 aliphatic rings. The van der Waals surface area contributed by atoms with Crippen LogP contribution in [0.4, 0.5) is 5.69 Å². The third-order valence-corrected chi connectivity index (χ3v) is 5.97. The summed E-state index contributed by atoms with van der Waals surface area (Å²) in [4.78, 5) is 5.58. The lowest BCUT2D eigenvalue weighted by Gasteiger charge is -2.23. The molecule has 1 aromatic heterocycles. The molecule has 0 radical (unpaired) electrons. The standard InChI is InChI=1S/C29H30N4/c1-21(27-20-31-28-12-5-4-11-26(27)28)29(32-25-10-6-8-23(18-25)19-30)24-15-13-22(14-16-24)9-7-17-33(2)3/h4-6,8,10-16,18,20,29,31-32H,1,7,9,17H2,2-3H3. The van der Waals surface area contributed by atoms with Crippen LogP contribution in [0, 0.1) is 11.3 Å². The summed E-state index contributed by atoms with van der Waals surface area (Å²) >= 11 is 0. The first-order valence-electron chi connectivity index (χ1n) is 11.3. The van der Waals surface area contributed by atoms with Crippen LogP contribution in [0.3, 0.4) is 0 Å². The van der Waals surface area contributed by atoms with Gasteiger partial charge in [-0.25, -0.2) is 0 Å². The fraction of sp³-hybridized carbons (Fsp3) is 0.207. The van der Waals surface area contributed by atoms with E-state index in [1.54, 1.807) is 0 Å². The Hall–Kier alpha value is -3.81. The maximum Gasteiger partial charge on any atom is 0.0992 e. The van der Waals surface area contributed by atoms with Crippen molar-refractivity contribution >= 4 is 22.2 Å². The molecule has 1 unspecified atom stereocenters. The Morgan fingerprint density at radius 3 is 2.61 bits per heavy atom. The van der Waals surface area contributed by atoms with Crippen molar-refractivity contribution in [1.82, 2.24) is 9.88 Å². The molecule has 0 bridgehead atoms. The van der Waals surface area contributed by atoms with Gasteiger partial charge in [-0.15, -0.1) is 0 Å². The topological polar surface area (TPSA) is 54.9 Å². The minimum absolute atomic E-state index is 0.131. The third kappa shape index (κ3) is 5.34.